The smallest absolute Gasteiger partial charge is 0.163 e. The van der Waals surface area contributed by atoms with Crippen LogP contribution in [0.2, 0.25) is 5.02 Å². The van der Waals surface area contributed by atoms with Crippen molar-refractivity contribution in [2.45, 2.75) is 20.8 Å². The highest BCUT2D eigenvalue weighted by molar-refractivity contribution is 6.30. The molecule has 1 rings (SSSR count). The summed E-state index contributed by atoms with van der Waals surface area (Å²) in [6, 6.07) is 5.62. The first-order chi connectivity index (χ1) is 8.86. The van der Waals surface area contributed by atoms with E-state index >= 15 is 0 Å². The van der Waals surface area contributed by atoms with Gasteiger partial charge >= 0.3 is 0 Å². The average Bonchev–Trinajstić information content (AvgIpc) is 2.37. The Hall–Kier alpha value is -1.87. The molecule has 0 heterocycles. The number of Topliss-reactive ketones (excluding diaryl/α,β-unsaturated/α-hetero) is 1. The van der Waals surface area contributed by atoms with Crippen LogP contribution in [0.3, 0.4) is 0 Å². The molecule has 0 aliphatic carbocycles. The summed E-state index contributed by atoms with van der Waals surface area (Å²) in [5.41, 5.74) is 8.98. The lowest BCUT2D eigenvalue weighted by Gasteiger charge is -2.08. The SMILES string of the molecule is C=N/C(N)=C(\C=C(/C)c1cc(Cl)ccc1C)C(C)=O. The monoisotopic (exact) mass is 276 g/mol. The molecule has 0 unspecified atom stereocenters. The highest BCUT2D eigenvalue weighted by Gasteiger charge is 2.08. The lowest BCUT2D eigenvalue weighted by atomic mass is 9.99. The summed E-state index contributed by atoms with van der Waals surface area (Å²) in [6.07, 6.45) is 1.71. The van der Waals surface area contributed by atoms with E-state index in [0.29, 0.717) is 10.6 Å². The van der Waals surface area contributed by atoms with Crippen LogP contribution in [0.25, 0.3) is 5.57 Å². The standard InChI is InChI=1S/C15H17ClN2O/c1-9-5-6-12(16)8-13(9)10(2)7-14(11(3)19)15(17)18-4/h5-8H,4,17H2,1-3H3/b10-7+,15-14+. The van der Waals surface area contributed by atoms with Gasteiger partial charge < -0.3 is 5.73 Å². The number of carbonyl (C=O) groups excluding carboxylic acids is 1. The van der Waals surface area contributed by atoms with Gasteiger partial charge in [0.15, 0.2) is 5.78 Å². The van der Waals surface area contributed by atoms with Crippen LogP contribution in [-0.2, 0) is 4.79 Å². The minimum absolute atomic E-state index is 0.131. The quantitative estimate of drug-likeness (QED) is 0.520. The number of benzene rings is 1. The highest BCUT2D eigenvalue weighted by Crippen LogP contribution is 2.24. The number of nitrogens with two attached hydrogens (primary N) is 1. The van der Waals surface area contributed by atoms with Gasteiger partial charge in [0.1, 0.15) is 5.82 Å². The van der Waals surface area contributed by atoms with Gasteiger partial charge in [-0.2, -0.15) is 0 Å². The van der Waals surface area contributed by atoms with E-state index in [1.807, 2.05) is 32.0 Å². The summed E-state index contributed by atoms with van der Waals surface area (Å²) in [5.74, 6) is -0.0181. The van der Waals surface area contributed by atoms with E-state index in [0.717, 1.165) is 16.7 Å². The minimum atomic E-state index is -0.149. The van der Waals surface area contributed by atoms with Crippen LogP contribution in [-0.4, -0.2) is 12.5 Å². The van der Waals surface area contributed by atoms with Gasteiger partial charge in [0.05, 0.1) is 5.57 Å². The summed E-state index contributed by atoms with van der Waals surface area (Å²) in [7, 11) is 0. The Balaban J connectivity index is 3.35. The van der Waals surface area contributed by atoms with E-state index < -0.39 is 0 Å². The van der Waals surface area contributed by atoms with Gasteiger partial charge in [-0.25, -0.2) is 4.99 Å². The van der Waals surface area contributed by atoms with Crippen molar-refractivity contribution in [3.8, 4) is 0 Å². The molecule has 2 N–H and O–H groups in total. The van der Waals surface area contributed by atoms with Gasteiger partial charge in [0, 0.05) is 5.02 Å². The van der Waals surface area contributed by atoms with E-state index in [1.54, 1.807) is 6.08 Å². The fraction of sp³-hybridized carbons (Fsp3) is 0.200. The molecule has 0 aliphatic heterocycles. The van der Waals surface area contributed by atoms with E-state index in [-0.39, 0.29) is 11.6 Å². The van der Waals surface area contributed by atoms with Gasteiger partial charge in [-0.1, -0.05) is 17.7 Å². The number of hydrogen-bond donors (Lipinski definition) is 1. The number of nitrogens with zero attached hydrogens (tertiary/aromatic N) is 1. The van der Waals surface area contributed by atoms with Crippen molar-refractivity contribution in [1.29, 1.82) is 0 Å². The van der Waals surface area contributed by atoms with Crippen LogP contribution in [0.1, 0.15) is 25.0 Å². The molecule has 100 valence electrons. The number of halogens is 1. The van der Waals surface area contributed by atoms with Gasteiger partial charge in [-0.05, 0) is 62.4 Å². The molecule has 0 spiro atoms. The predicted molar refractivity (Wildman–Crippen MR) is 81.3 cm³/mol. The lowest BCUT2D eigenvalue weighted by Crippen LogP contribution is -2.05. The van der Waals surface area contributed by atoms with Crippen molar-refractivity contribution >= 4 is 29.7 Å². The molecule has 0 saturated carbocycles. The summed E-state index contributed by atoms with van der Waals surface area (Å²) in [4.78, 5) is 15.2. The maximum atomic E-state index is 11.6. The van der Waals surface area contributed by atoms with Crippen LogP contribution in [0, 0.1) is 6.92 Å². The third-order valence-electron chi connectivity index (χ3n) is 2.81. The first-order valence-corrected chi connectivity index (χ1v) is 6.16. The number of rotatable bonds is 4. The fourth-order valence-corrected chi connectivity index (χ4v) is 1.93. The third kappa shape index (κ3) is 3.80. The zero-order valence-corrected chi connectivity index (χ0v) is 12.1. The summed E-state index contributed by atoms with van der Waals surface area (Å²) >= 11 is 5.99. The molecule has 0 bridgehead atoms. The second-order valence-corrected chi connectivity index (χ2v) is 4.74. The molecule has 0 aromatic heterocycles. The van der Waals surface area contributed by atoms with E-state index in [1.165, 1.54) is 6.92 Å². The lowest BCUT2D eigenvalue weighted by molar-refractivity contribution is -0.113. The Bertz CT molecular complexity index is 586. The summed E-state index contributed by atoms with van der Waals surface area (Å²) in [5, 5.41) is 0.650. The Morgan fingerprint density at radius 3 is 2.58 bits per heavy atom. The van der Waals surface area contributed by atoms with Crippen LogP contribution in [0.4, 0.5) is 0 Å². The molecule has 1 aromatic rings. The van der Waals surface area contributed by atoms with E-state index in [2.05, 4.69) is 11.7 Å². The van der Waals surface area contributed by atoms with Gasteiger partial charge in [-0.15, -0.1) is 0 Å². The van der Waals surface area contributed by atoms with Crippen molar-refractivity contribution in [3.05, 3.63) is 51.8 Å². The number of carbonyl (C=O) groups is 1. The molecular weight excluding hydrogens is 260 g/mol. The molecule has 0 fully saturated rings. The highest BCUT2D eigenvalue weighted by atomic mass is 35.5. The normalized spacial score (nSPS) is 12.9. The third-order valence-corrected chi connectivity index (χ3v) is 3.05. The fourth-order valence-electron chi connectivity index (χ4n) is 1.75. The summed E-state index contributed by atoms with van der Waals surface area (Å²) in [6.45, 7) is 8.67. The molecule has 0 saturated heterocycles. The zero-order chi connectivity index (χ0) is 14.6. The van der Waals surface area contributed by atoms with Crippen molar-refractivity contribution < 1.29 is 4.79 Å². The Kier molecular flexibility index (Phi) is 5.07. The van der Waals surface area contributed by atoms with Crippen molar-refractivity contribution in [3.63, 3.8) is 0 Å². The van der Waals surface area contributed by atoms with E-state index in [9.17, 15) is 4.79 Å². The Labute approximate surface area is 118 Å². The number of aryl methyl sites for hydroxylation is 1. The average molecular weight is 277 g/mol. The van der Waals surface area contributed by atoms with Gasteiger partial charge in [0.2, 0.25) is 0 Å². The number of ketones is 1. The number of allylic oxidation sites excluding steroid dienone is 3. The second-order valence-electron chi connectivity index (χ2n) is 4.30. The molecule has 0 atom stereocenters. The minimum Gasteiger partial charge on any atom is -0.383 e. The van der Waals surface area contributed by atoms with Crippen LogP contribution >= 0.6 is 11.6 Å². The molecule has 0 radical (unpaired) electrons. The second kappa shape index (κ2) is 6.34. The molecule has 1 aromatic carbocycles. The molecule has 0 amide bonds. The van der Waals surface area contributed by atoms with Crippen LogP contribution < -0.4 is 5.73 Å². The van der Waals surface area contributed by atoms with Crippen molar-refractivity contribution in [2.75, 3.05) is 0 Å². The van der Waals surface area contributed by atoms with Crippen molar-refractivity contribution in [2.24, 2.45) is 10.7 Å². The number of hydrogen-bond acceptors (Lipinski definition) is 3. The molecular formula is C15H17ClN2O. The summed E-state index contributed by atoms with van der Waals surface area (Å²) < 4.78 is 0. The number of aliphatic imine (C=N–C) groups is 1. The van der Waals surface area contributed by atoms with Gasteiger partial charge in [0.25, 0.3) is 0 Å². The molecule has 19 heavy (non-hydrogen) atoms. The Morgan fingerprint density at radius 1 is 1.42 bits per heavy atom. The van der Waals surface area contributed by atoms with Crippen LogP contribution in [0.5, 0.6) is 0 Å². The first-order valence-electron chi connectivity index (χ1n) is 5.79. The Morgan fingerprint density at radius 2 is 2.05 bits per heavy atom. The van der Waals surface area contributed by atoms with Crippen molar-refractivity contribution in [1.82, 2.24) is 0 Å². The largest absolute Gasteiger partial charge is 0.383 e. The maximum absolute atomic E-state index is 11.6. The molecule has 3 nitrogen and oxygen atoms in total. The topological polar surface area (TPSA) is 55.4 Å². The van der Waals surface area contributed by atoms with Crippen LogP contribution in [0.15, 0.2) is 40.7 Å². The molecule has 0 aliphatic rings. The first kappa shape index (κ1) is 15.2. The maximum Gasteiger partial charge on any atom is 0.163 e. The predicted octanol–water partition coefficient (Wildman–Crippen LogP) is 3.51. The zero-order valence-electron chi connectivity index (χ0n) is 11.3. The molecule has 4 heteroatoms. The van der Waals surface area contributed by atoms with E-state index in [4.69, 9.17) is 17.3 Å². The van der Waals surface area contributed by atoms with Gasteiger partial charge in [-0.3, -0.25) is 4.79 Å².